The van der Waals surface area contributed by atoms with E-state index in [-0.39, 0.29) is 0 Å². The summed E-state index contributed by atoms with van der Waals surface area (Å²) in [6, 6.07) is 8.78. The first-order chi connectivity index (χ1) is 11.0. The minimum Gasteiger partial charge on any atom is -0.478 e. The van der Waals surface area contributed by atoms with E-state index >= 15 is 0 Å². The van der Waals surface area contributed by atoms with Gasteiger partial charge in [-0.15, -0.1) is 10.2 Å². The maximum Gasteiger partial charge on any atom is 0.259 e. The van der Waals surface area contributed by atoms with Crippen LogP contribution in [0.4, 0.5) is 0 Å². The van der Waals surface area contributed by atoms with Crippen molar-refractivity contribution in [1.82, 2.24) is 15.2 Å². The number of benzene rings is 1. The van der Waals surface area contributed by atoms with E-state index in [2.05, 4.69) is 15.2 Å². The molecule has 0 saturated carbocycles. The van der Waals surface area contributed by atoms with Gasteiger partial charge in [0.15, 0.2) is 5.60 Å². The second kappa shape index (κ2) is 6.18. The zero-order chi connectivity index (χ0) is 16.4. The van der Waals surface area contributed by atoms with Gasteiger partial charge < -0.3 is 9.15 Å². The SMILES string of the molecule is CC(C)(Oc1ccc(Cl)cc1)c1nnc(-c2ccncc2Cl)o1. The maximum atomic E-state index is 6.09. The van der Waals surface area contributed by atoms with Gasteiger partial charge in [-0.2, -0.15) is 0 Å². The Morgan fingerprint density at radius 3 is 2.48 bits per heavy atom. The molecule has 0 bridgehead atoms. The lowest BCUT2D eigenvalue weighted by Gasteiger charge is -2.22. The fourth-order valence-corrected chi connectivity index (χ4v) is 2.29. The molecule has 1 aromatic carbocycles. The molecule has 0 atom stereocenters. The van der Waals surface area contributed by atoms with Crippen molar-refractivity contribution in [3.8, 4) is 17.2 Å². The predicted molar refractivity (Wildman–Crippen MR) is 87.6 cm³/mol. The minimum absolute atomic E-state index is 0.320. The highest BCUT2D eigenvalue weighted by Gasteiger charge is 2.30. The third kappa shape index (κ3) is 3.46. The van der Waals surface area contributed by atoms with Gasteiger partial charge in [-0.05, 0) is 44.2 Å². The van der Waals surface area contributed by atoms with Crippen LogP contribution in [0.2, 0.25) is 10.0 Å². The van der Waals surface area contributed by atoms with Crippen LogP contribution in [-0.2, 0) is 5.60 Å². The maximum absolute atomic E-state index is 6.09. The van der Waals surface area contributed by atoms with E-state index in [9.17, 15) is 0 Å². The summed E-state index contributed by atoms with van der Waals surface area (Å²) < 4.78 is 11.6. The highest BCUT2D eigenvalue weighted by Crippen LogP contribution is 2.31. The van der Waals surface area contributed by atoms with Crippen molar-refractivity contribution in [2.45, 2.75) is 19.4 Å². The summed E-state index contributed by atoms with van der Waals surface area (Å²) in [6.07, 6.45) is 3.14. The van der Waals surface area contributed by atoms with Crippen LogP contribution in [-0.4, -0.2) is 15.2 Å². The van der Waals surface area contributed by atoms with Gasteiger partial charge in [-0.3, -0.25) is 4.98 Å². The van der Waals surface area contributed by atoms with Gasteiger partial charge in [0.05, 0.1) is 10.6 Å². The molecular formula is C16H13Cl2N3O2. The van der Waals surface area contributed by atoms with Gasteiger partial charge >= 0.3 is 0 Å². The molecule has 3 aromatic rings. The second-order valence-corrected chi connectivity index (χ2v) is 6.18. The minimum atomic E-state index is -0.807. The topological polar surface area (TPSA) is 61.0 Å². The molecule has 23 heavy (non-hydrogen) atoms. The molecule has 2 aromatic heterocycles. The fraction of sp³-hybridized carbons (Fsp3) is 0.188. The molecule has 0 unspecified atom stereocenters. The first-order valence-corrected chi connectivity index (χ1v) is 7.60. The fourth-order valence-electron chi connectivity index (χ4n) is 1.96. The summed E-state index contributed by atoms with van der Waals surface area (Å²) in [5.74, 6) is 1.32. The average Bonchev–Trinajstić information content (AvgIpc) is 3.00. The molecule has 0 saturated heterocycles. The highest BCUT2D eigenvalue weighted by atomic mass is 35.5. The lowest BCUT2D eigenvalue weighted by atomic mass is 10.1. The number of aromatic nitrogens is 3. The smallest absolute Gasteiger partial charge is 0.259 e. The Morgan fingerprint density at radius 1 is 1.04 bits per heavy atom. The van der Waals surface area contributed by atoms with Crippen LogP contribution in [0.25, 0.3) is 11.5 Å². The number of ether oxygens (including phenoxy) is 1. The van der Waals surface area contributed by atoms with E-state index in [0.717, 1.165) is 0 Å². The lowest BCUT2D eigenvalue weighted by Crippen LogP contribution is -2.25. The Labute approximate surface area is 143 Å². The van der Waals surface area contributed by atoms with E-state index in [4.69, 9.17) is 32.4 Å². The number of halogens is 2. The van der Waals surface area contributed by atoms with E-state index in [0.29, 0.717) is 33.1 Å². The summed E-state index contributed by atoms with van der Waals surface area (Å²) in [5.41, 5.74) is -0.179. The quantitative estimate of drug-likeness (QED) is 0.679. The van der Waals surface area contributed by atoms with Crippen molar-refractivity contribution in [1.29, 1.82) is 0 Å². The number of hydrogen-bond donors (Lipinski definition) is 0. The molecule has 2 heterocycles. The molecule has 5 nitrogen and oxygen atoms in total. The first kappa shape index (κ1) is 15.8. The molecule has 0 amide bonds. The Bertz CT molecular complexity index is 816. The summed E-state index contributed by atoms with van der Waals surface area (Å²) in [7, 11) is 0. The zero-order valence-corrected chi connectivity index (χ0v) is 14.0. The molecular weight excluding hydrogens is 337 g/mol. The molecule has 0 radical (unpaired) electrons. The van der Waals surface area contributed by atoms with Crippen LogP contribution < -0.4 is 4.74 Å². The van der Waals surface area contributed by atoms with Gasteiger partial charge in [0.2, 0.25) is 5.89 Å². The van der Waals surface area contributed by atoms with Crippen LogP contribution in [0, 0.1) is 0 Å². The van der Waals surface area contributed by atoms with Gasteiger partial charge in [0.25, 0.3) is 5.89 Å². The van der Waals surface area contributed by atoms with Crippen molar-refractivity contribution < 1.29 is 9.15 Å². The normalized spacial score (nSPS) is 11.5. The molecule has 7 heteroatoms. The molecule has 3 rings (SSSR count). The van der Waals surface area contributed by atoms with Crippen molar-refractivity contribution in [2.24, 2.45) is 0 Å². The number of pyridine rings is 1. The van der Waals surface area contributed by atoms with E-state index < -0.39 is 5.60 Å². The third-order valence-corrected chi connectivity index (χ3v) is 3.68. The number of hydrogen-bond acceptors (Lipinski definition) is 5. The molecule has 0 aliphatic heterocycles. The van der Waals surface area contributed by atoms with Gasteiger partial charge in [0.1, 0.15) is 5.75 Å². The average molecular weight is 350 g/mol. The number of rotatable bonds is 4. The zero-order valence-electron chi connectivity index (χ0n) is 12.5. The van der Waals surface area contributed by atoms with Crippen LogP contribution >= 0.6 is 23.2 Å². The van der Waals surface area contributed by atoms with Crippen LogP contribution in [0.3, 0.4) is 0 Å². The second-order valence-electron chi connectivity index (χ2n) is 5.33. The van der Waals surface area contributed by atoms with Crippen LogP contribution in [0.5, 0.6) is 5.75 Å². The van der Waals surface area contributed by atoms with Crippen LogP contribution in [0.1, 0.15) is 19.7 Å². The Morgan fingerprint density at radius 2 is 1.78 bits per heavy atom. The molecule has 0 aliphatic rings. The Hall–Kier alpha value is -2.11. The first-order valence-electron chi connectivity index (χ1n) is 6.84. The summed E-state index contributed by atoms with van der Waals surface area (Å²) in [6.45, 7) is 3.68. The van der Waals surface area contributed by atoms with E-state index in [1.807, 2.05) is 13.8 Å². The van der Waals surface area contributed by atoms with Crippen molar-refractivity contribution >= 4 is 23.2 Å². The van der Waals surface area contributed by atoms with E-state index in [1.165, 1.54) is 6.20 Å². The summed E-state index contributed by atoms with van der Waals surface area (Å²) in [5, 5.41) is 9.20. The predicted octanol–water partition coefficient (Wildman–Crippen LogP) is 4.75. The summed E-state index contributed by atoms with van der Waals surface area (Å²) >= 11 is 12.0. The Kier molecular flexibility index (Phi) is 4.24. The van der Waals surface area contributed by atoms with Crippen molar-refractivity contribution in [3.63, 3.8) is 0 Å². The van der Waals surface area contributed by atoms with Crippen molar-refractivity contribution in [3.05, 3.63) is 58.7 Å². The molecule has 0 spiro atoms. The Balaban J connectivity index is 1.86. The largest absolute Gasteiger partial charge is 0.478 e. The highest BCUT2D eigenvalue weighted by molar-refractivity contribution is 6.33. The standard InChI is InChI=1S/C16H13Cl2N3O2/c1-16(2,23-11-5-3-10(17)4-6-11)15-21-20-14(22-15)12-7-8-19-9-13(12)18/h3-9H,1-2H3. The number of nitrogens with zero attached hydrogens (tertiary/aromatic N) is 3. The van der Waals surface area contributed by atoms with E-state index in [1.54, 1.807) is 36.5 Å². The lowest BCUT2D eigenvalue weighted by molar-refractivity contribution is 0.0770. The molecule has 0 N–H and O–H groups in total. The molecule has 0 aliphatic carbocycles. The molecule has 0 fully saturated rings. The van der Waals surface area contributed by atoms with Gasteiger partial charge in [-0.25, -0.2) is 0 Å². The van der Waals surface area contributed by atoms with Gasteiger partial charge in [-0.1, -0.05) is 23.2 Å². The van der Waals surface area contributed by atoms with Crippen LogP contribution in [0.15, 0.2) is 47.1 Å². The third-order valence-electron chi connectivity index (χ3n) is 3.13. The monoisotopic (exact) mass is 349 g/mol. The summed E-state index contributed by atoms with van der Waals surface area (Å²) in [4.78, 5) is 3.93. The van der Waals surface area contributed by atoms with Gasteiger partial charge in [0, 0.05) is 17.4 Å². The molecule has 118 valence electrons. The van der Waals surface area contributed by atoms with Crippen molar-refractivity contribution in [2.75, 3.05) is 0 Å².